The normalized spacial score (nSPS) is 23.2. The molecule has 4 heteroatoms. The summed E-state index contributed by atoms with van der Waals surface area (Å²) in [5, 5.41) is 3.54. The standard InChI is InChI=1S/C15H22N2O2/c1-2-14-9-13(6-7-19-14)17-10-11-4-3-5-12(8-11)15(16)18/h3-5,8,13-14,17H,2,6-7,9-10H2,1H3,(H2,16,18). The maximum Gasteiger partial charge on any atom is 0.248 e. The molecule has 1 aromatic carbocycles. The van der Waals surface area contributed by atoms with Crippen molar-refractivity contribution in [2.75, 3.05) is 6.61 Å². The van der Waals surface area contributed by atoms with Crippen LogP contribution in [0.3, 0.4) is 0 Å². The first-order chi connectivity index (χ1) is 9.19. The molecule has 0 aromatic heterocycles. The van der Waals surface area contributed by atoms with Gasteiger partial charge in [-0.3, -0.25) is 4.79 Å². The number of ether oxygens (including phenoxy) is 1. The smallest absolute Gasteiger partial charge is 0.248 e. The number of benzene rings is 1. The van der Waals surface area contributed by atoms with Crippen molar-refractivity contribution in [3.05, 3.63) is 35.4 Å². The third-order valence-corrected chi connectivity index (χ3v) is 3.63. The lowest BCUT2D eigenvalue weighted by atomic mass is 10.0. The van der Waals surface area contributed by atoms with Gasteiger partial charge in [0.2, 0.25) is 5.91 Å². The second-order valence-electron chi connectivity index (χ2n) is 5.07. The van der Waals surface area contributed by atoms with E-state index < -0.39 is 0 Å². The lowest BCUT2D eigenvalue weighted by molar-refractivity contribution is -0.000318. The highest BCUT2D eigenvalue weighted by Crippen LogP contribution is 2.16. The van der Waals surface area contributed by atoms with Crippen molar-refractivity contribution < 1.29 is 9.53 Å². The molecule has 0 aliphatic carbocycles. The Morgan fingerprint density at radius 1 is 1.53 bits per heavy atom. The molecule has 1 saturated heterocycles. The van der Waals surface area contributed by atoms with Crippen molar-refractivity contribution >= 4 is 5.91 Å². The molecule has 1 aliphatic heterocycles. The van der Waals surface area contributed by atoms with Crippen LogP contribution in [-0.2, 0) is 11.3 Å². The summed E-state index contributed by atoms with van der Waals surface area (Å²) in [6, 6.07) is 7.97. The van der Waals surface area contributed by atoms with E-state index in [1.54, 1.807) is 6.07 Å². The number of carbonyl (C=O) groups is 1. The van der Waals surface area contributed by atoms with Crippen LogP contribution in [0.2, 0.25) is 0 Å². The van der Waals surface area contributed by atoms with E-state index in [1.807, 2.05) is 18.2 Å². The lowest BCUT2D eigenvalue weighted by Gasteiger charge is -2.29. The second-order valence-corrected chi connectivity index (χ2v) is 5.07. The van der Waals surface area contributed by atoms with Crippen LogP contribution in [0.5, 0.6) is 0 Å². The van der Waals surface area contributed by atoms with Gasteiger partial charge in [0.25, 0.3) is 0 Å². The van der Waals surface area contributed by atoms with E-state index >= 15 is 0 Å². The van der Waals surface area contributed by atoms with Gasteiger partial charge in [0.15, 0.2) is 0 Å². The van der Waals surface area contributed by atoms with Crippen LogP contribution in [0.15, 0.2) is 24.3 Å². The van der Waals surface area contributed by atoms with Gasteiger partial charge < -0.3 is 15.8 Å². The fourth-order valence-electron chi connectivity index (χ4n) is 2.45. The molecule has 1 heterocycles. The first kappa shape index (κ1) is 14.0. The fraction of sp³-hybridized carbons (Fsp3) is 0.533. The summed E-state index contributed by atoms with van der Waals surface area (Å²) >= 11 is 0. The summed E-state index contributed by atoms with van der Waals surface area (Å²) in [7, 11) is 0. The quantitative estimate of drug-likeness (QED) is 0.851. The Balaban J connectivity index is 1.88. The van der Waals surface area contributed by atoms with Gasteiger partial charge in [0, 0.05) is 24.8 Å². The van der Waals surface area contributed by atoms with Gasteiger partial charge in [-0.15, -0.1) is 0 Å². The molecule has 1 aromatic rings. The van der Waals surface area contributed by atoms with E-state index in [0.29, 0.717) is 17.7 Å². The van der Waals surface area contributed by atoms with E-state index in [0.717, 1.165) is 38.0 Å². The van der Waals surface area contributed by atoms with Crippen molar-refractivity contribution in [1.29, 1.82) is 0 Å². The van der Waals surface area contributed by atoms with Crippen molar-refractivity contribution in [1.82, 2.24) is 5.32 Å². The summed E-state index contributed by atoms with van der Waals surface area (Å²) < 4.78 is 5.66. The highest BCUT2D eigenvalue weighted by Gasteiger charge is 2.20. The molecule has 0 bridgehead atoms. The zero-order valence-corrected chi connectivity index (χ0v) is 11.4. The fourth-order valence-corrected chi connectivity index (χ4v) is 2.45. The van der Waals surface area contributed by atoms with E-state index in [4.69, 9.17) is 10.5 Å². The average Bonchev–Trinajstić information content (AvgIpc) is 2.45. The molecular formula is C15H22N2O2. The molecule has 1 fully saturated rings. The minimum Gasteiger partial charge on any atom is -0.378 e. The van der Waals surface area contributed by atoms with Crippen LogP contribution in [-0.4, -0.2) is 24.7 Å². The maximum atomic E-state index is 11.1. The minimum atomic E-state index is -0.376. The number of rotatable bonds is 5. The molecule has 4 nitrogen and oxygen atoms in total. The summed E-state index contributed by atoms with van der Waals surface area (Å²) in [5.41, 5.74) is 6.94. The number of nitrogens with one attached hydrogen (secondary N) is 1. The van der Waals surface area contributed by atoms with Crippen LogP contribution in [0, 0.1) is 0 Å². The zero-order valence-electron chi connectivity index (χ0n) is 11.4. The average molecular weight is 262 g/mol. The van der Waals surface area contributed by atoms with Crippen LogP contribution in [0.1, 0.15) is 42.1 Å². The maximum absolute atomic E-state index is 11.1. The zero-order chi connectivity index (χ0) is 13.7. The highest BCUT2D eigenvalue weighted by atomic mass is 16.5. The molecule has 2 atom stereocenters. The van der Waals surface area contributed by atoms with Crippen LogP contribution in [0.25, 0.3) is 0 Å². The topological polar surface area (TPSA) is 64.3 Å². The third-order valence-electron chi connectivity index (χ3n) is 3.63. The highest BCUT2D eigenvalue weighted by molar-refractivity contribution is 5.92. The van der Waals surface area contributed by atoms with Crippen LogP contribution >= 0.6 is 0 Å². The Morgan fingerprint density at radius 2 is 2.37 bits per heavy atom. The van der Waals surface area contributed by atoms with E-state index in [1.165, 1.54) is 0 Å². The number of amides is 1. The van der Waals surface area contributed by atoms with Gasteiger partial charge in [-0.05, 0) is 37.0 Å². The molecule has 0 radical (unpaired) electrons. The predicted molar refractivity (Wildman–Crippen MR) is 74.9 cm³/mol. The molecule has 19 heavy (non-hydrogen) atoms. The van der Waals surface area contributed by atoms with E-state index in [9.17, 15) is 4.79 Å². The molecule has 1 aliphatic rings. The summed E-state index contributed by atoms with van der Waals surface area (Å²) in [6.07, 6.45) is 3.55. The molecule has 3 N–H and O–H groups in total. The lowest BCUT2D eigenvalue weighted by Crippen LogP contribution is -2.38. The van der Waals surface area contributed by atoms with Gasteiger partial charge in [-0.25, -0.2) is 0 Å². The van der Waals surface area contributed by atoms with Gasteiger partial charge in [-0.1, -0.05) is 19.1 Å². The van der Waals surface area contributed by atoms with Crippen molar-refractivity contribution in [2.45, 2.75) is 44.9 Å². The SMILES string of the molecule is CCC1CC(NCc2cccc(C(N)=O)c2)CCO1. The Bertz CT molecular complexity index is 434. The molecule has 0 saturated carbocycles. The number of hydrogen-bond acceptors (Lipinski definition) is 3. The van der Waals surface area contributed by atoms with Crippen molar-refractivity contribution in [3.8, 4) is 0 Å². The molecule has 0 spiro atoms. The third kappa shape index (κ3) is 4.04. The van der Waals surface area contributed by atoms with Gasteiger partial charge in [-0.2, -0.15) is 0 Å². The Morgan fingerprint density at radius 3 is 3.11 bits per heavy atom. The Labute approximate surface area is 114 Å². The molecule has 104 valence electrons. The minimum absolute atomic E-state index is 0.376. The molecule has 2 unspecified atom stereocenters. The van der Waals surface area contributed by atoms with Gasteiger partial charge in [0.05, 0.1) is 6.10 Å². The number of hydrogen-bond donors (Lipinski definition) is 2. The van der Waals surface area contributed by atoms with E-state index in [-0.39, 0.29) is 5.91 Å². The number of primary amides is 1. The predicted octanol–water partition coefficient (Wildman–Crippen LogP) is 1.83. The molecular weight excluding hydrogens is 240 g/mol. The summed E-state index contributed by atoms with van der Waals surface area (Å²) in [4.78, 5) is 11.1. The van der Waals surface area contributed by atoms with Gasteiger partial charge in [0.1, 0.15) is 0 Å². The van der Waals surface area contributed by atoms with Crippen LogP contribution in [0.4, 0.5) is 0 Å². The first-order valence-corrected chi connectivity index (χ1v) is 6.92. The Hall–Kier alpha value is -1.39. The summed E-state index contributed by atoms with van der Waals surface area (Å²) in [6.45, 7) is 3.75. The van der Waals surface area contributed by atoms with E-state index in [2.05, 4.69) is 12.2 Å². The first-order valence-electron chi connectivity index (χ1n) is 6.92. The van der Waals surface area contributed by atoms with Crippen molar-refractivity contribution in [2.24, 2.45) is 5.73 Å². The molecule has 1 amide bonds. The Kier molecular flexibility index (Phi) is 4.93. The monoisotopic (exact) mass is 262 g/mol. The van der Waals surface area contributed by atoms with Gasteiger partial charge >= 0.3 is 0 Å². The number of nitrogens with two attached hydrogens (primary N) is 1. The van der Waals surface area contributed by atoms with Crippen molar-refractivity contribution in [3.63, 3.8) is 0 Å². The van der Waals surface area contributed by atoms with Crippen LogP contribution < -0.4 is 11.1 Å². The number of carbonyl (C=O) groups excluding carboxylic acids is 1. The second kappa shape index (κ2) is 6.68. The summed E-state index contributed by atoms with van der Waals surface area (Å²) in [5.74, 6) is -0.376. The largest absolute Gasteiger partial charge is 0.378 e. The molecule has 2 rings (SSSR count).